The number of nitro benzene ring substituents is 2. The molecule has 0 aliphatic heterocycles. The van der Waals surface area contributed by atoms with Crippen molar-refractivity contribution in [3.05, 3.63) is 86.5 Å². The Bertz CT molecular complexity index is 1110. The van der Waals surface area contributed by atoms with E-state index in [1.807, 2.05) is 0 Å². The van der Waals surface area contributed by atoms with Crippen molar-refractivity contribution in [2.75, 3.05) is 0 Å². The molecule has 13 heteroatoms. The summed E-state index contributed by atoms with van der Waals surface area (Å²) in [5.41, 5.74) is 3.47. The first-order valence-electron chi connectivity index (χ1n) is 7.85. The van der Waals surface area contributed by atoms with Gasteiger partial charge in [-0.05, 0) is 18.2 Å². The summed E-state index contributed by atoms with van der Waals surface area (Å²) >= 11 is 0. The zero-order valence-corrected chi connectivity index (χ0v) is 14.4. The highest BCUT2D eigenvalue weighted by molar-refractivity contribution is 5.99. The number of nitrogens with zero attached hydrogens (tertiary/aromatic N) is 5. The van der Waals surface area contributed by atoms with E-state index in [4.69, 9.17) is 0 Å². The number of nitrogens with one attached hydrogen (secondary N) is 2. The van der Waals surface area contributed by atoms with Gasteiger partial charge in [0.15, 0.2) is 0 Å². The lowest BCUT2D eigenvalue weighted by molar-refractivity contribution is -0.385. The molecule has 0 saturated heterocycles. The van der Waals surface area contributed by atoms with Gasteiger partial charge in [-0.3, -0.25) is 40.7 Å². The number of benzene rings is 2. The van der Waals surface area contributed by atoms with E-state index >= 15 is 0 Å². The van der Waals surface area contributed by atoms with Crippen molar-refractivity contribution in [3.63, 3.8) is 0 Å². The molecule has 0 bridgehead atoms. The van der Waals surface area contributed by atoms with Gasteiger partial charge in [0.25, 0.3) is 23.2 Å². The number of carbonyl (C=O) groups is 2. The quantitative estimate of drug-likeness (QED) is 0.476. The minimum atomic E-state index is -0.822. The molecule has 2 amide bonds. The predicted molar refractivity (Wildman–Crippen MR) is 96.0 cm³/mol. The molecule has 29 heavy (non-hydrogen) atoms. The molecule has 0 fully saturated rings. The summed E-state index contributed by atoms with van der Waals surface area (Å²) in [6, 6.07) is 8.53. The van der Waals surface area contributed by atoms with Crippen LogP contribution in [0.4, 0.5) is 11.4 Å². The summed E-state index contributed by atoms with van der Waals surface area (Å²) in [5, 5.41) is 25.9. The third kappa shape index (κ3) is 4.19. The smallest absolute Gasteiger partial charge is 0.267 e. The van der Waals surface area contributed by atoms with E-state index in [1.165, 1.54) is 47.7 Å². The van der Waals surface area contributed by atoms with Crippen molar-refractivity contribution in [2.45, 2.75) is 0 Å². The Morgan fingerprint density at radius 3 is 2.21 bits per heavy atom. The second-order valence-electron chi connectivity index (χ2n) is 5.52. The number of nitro groups is 2. The molecule has 0 atom stereocenters. The van der Waals surface area contributed by atoms with Crippen LogP contribution in [0.1, 0.15) is 20.7 Å². The van der Waals surface area contributed by atoms with Crippen molar-refractivity contribution in [1.29, 1.82) is 0 Å². The highest BCUT2D eigenvalue weighted by Gasteiger charge is 2.20. The molecule has 13 nitrogen and oxygen atoms in total. The van der Waals surface area contributed by atoms with Crippen LogP contribution in [-0.4, -0.2) is 36.4 Å². The van der Waals surface area contributed by atoms with E-state index in [9.17, 15) is 29.8 Å². The van der Waals surface area contributed by atoms with Gasteiger partial charge < -0.3 is 0 Å². The fourth-order valence-corrected chi connectivity index (χ4v) is 2.36. The van der Waals surface area contributed by atoms with Crippen molar-refractivity contribution < 1.29 is 19.4 Å². The van der Waals surface area contributed by atoms with Crippen LogP contribution < -0.4 is 10.9 Å². The van der Waals surface area contributed by atoms with Crippen molar-refractivity contribution in [2.24, 2.45) is 0 Å². The average molecular weight is 397 g/mol. The summed E-state index contributed by atoms with van der Waals surface area (Å²) in [6.45, 7) is 0. The maximum atomic E-state index is 12.2. The van der Waals surface area contributed by atoms with Gasteiger partial charge in [-0.1, -0.05) is 6.07 Å². The van der Waals surface area contributed by atoms with Gasteiger partial charge in [-0.15, -0.1) is 0 Å². The minimum absolute atomic E-state index is 0.0491. The van der Waals surface area contributed by atoms with Crippen molar-refractivity contribution >= 4 is 23.2 Å². The molecule has 0 saturated carbocycles. The van der Waals surface area contributed by atoms with Crippen LogP contribution in [0.5, 0.6) is 0 Å². The summed E-state index contributed by atoms with van der Waals surface area (Å²) in [5.74, 6) is -1.62. The highest BCUT2D eigenvalue weighted by Crippen LogP contribution is 2.23. The number of aromatic nitrogens is 3. The molecule has 0 unspecified atom stereocenters. The Balaban J connectivity index is 1.75. The van der Waals surface area contributed by atoms with Crippen LogP contribution in [0.15, 0.2) is 55.1 Å². The number of non-ortho nitro benzene ring substituents is 1. The largest absolute Gasteiger partial charge is 0.295 e. The van der Waals surface area contributed by atoms with E-state index in [0.717, 1.165) is 12.1 Å². The van der Waals surface area contributed by atoms with Gasteiger partial charge in [0.1, 0.15) is 18.3 Å². The fraction of sp³-hybridized carbons (Fsp3) is 0. The van der Waals surface area contributed by atoms with Gasteiger partial charge in [0, 0.05) is 29.3 Å². The molecule has 0 spiro atoms. The molecule has 1 aromatic heterocycles. The van der Waals surface area contributed by atoms with Crippen LogP contribution in [-0.2, 0) is 0 Å². The molecule has 146 valence electrons. The van der Waals surface area contributed by atoms with Crippen LogP contribution in [0.2, 0.25) is 0 Å². The lowest BCUT2D eigenvalue weighted by atomic mass is 10.1. The molecule has 0 radical (unpaired) electrons. The summed E-state index contributed by atoms with van der Waals surface area (Å²) < 4.78 is 1.17. The second-order valence-corrected chi connectivity index (χ2v) is 5.52. The normalized spacial score (nSPS) is 10.2. The highest BCUT2D eigenvalue weighted by atomic mass is 16.6. The Morgan fingerprint density at radius 1 is 0.931 bits per heavy atom. The number of hydrazine groups is 1. The van der Waals surface area contributed by atoms with Crippen molar-refractivity contribution in [1.82, 2.24) is 25.6 Å². The number of hydrogen-bond acceptors (Lipinski definition) is 8. The van der Waals surface area contributed by atoms with E-state index in [1.54, 1.807) is 0 Å². The first-order chi connectivity index (χ1) is 13.9. The SMILES string of the molecule is O=C(NNC(=O)c1ccc(-n2cncn2)c([N+](=O)[O-])c1)c1cccc([N+](=O)[O-])c1. The molecule has 3 aromatic rings. The molecule has 1 heterocycles. The number of amides is 2. The van der Waals surface area contributed by atoms with E-state index < -0.39 is 27.3 Å². The Morgan fingerprint density at radius 2 is 1.62 bits per heavy atom. The van der Waals surface area contributed by atoms with Crippen LogP contribution in [0.25, 0.3) is 5.69 Å². The molecule has 3 rings (SSSR count). The van der Waals surface area contributed by atoms with Gasteiger partial charge in [0.05, 0.1) is 9.85 Å². The van der Waals surface area contributed by atoms with Crippen LogP contribution in [0.3, 0.4) is 0 Å². The average Bonchev–Trinajstić information content (AvgIpc) is 3.26. The Kier molecular flexibility index (Phi) is 5.21. The first kappa shape index (κ1) is 19.1. The van der Waals surface area contributed by atoms with Gasteiger partial charge in [-0.2, -0.15) is 5.10 Å². The van der Waals surface area contributed by atoms with E-state index in [-0.39, 0.29) is 22.5 Å². The minimum Gasteiger partial charge on any atom is -0.267 e. The predicted octanol–water partition coefficient (Wildman–Crippen LogP) is 1.16. The first-order valence-corrected chi connectivity index (χ1v) is 7.85. The number of rotatable bonds is 5. The zero-order chi connectivity index (χ0) is 21.0. The van der Waals surface area contributed by atoms with E-state index in [2.05, 4.69) is 20.9 Å². The maximum absolute atomic E-state index is 12.2. The maximum Gasteiger partial charge on any atom is 0.295 e. The number of carbonyl (C=O) groups excluding carboxylic acids is 2. The lowest BCUT2D eigenvalue weighted by Crippen LogP contribution is -2.41. The molecule has 2 aromatic carbocycles. The zero-order valence-electron chi connectivity index (χ0n) is 14.4. The molecular weight excluding hydrogens is 386 g/mol. The van der Waals surface area contributed by atoms with Gasteiger partial charge >= 0.3 is 0 Å². The summed E-state index contributed by atoms with van der Waals surface area (Å²) in [7, 11) is 0. The molecule has 2 N–H and O–H groups in total. The molecular formula is C16H11N7O6. The lowest BCUT2D eigenvalue weighted by Gasteiger charge is -2.08. The third-order valence-electron chi connectivity index (χ3n) is 3.71. The second kappa shape index (κ2) is 7.91. The monoisotopic (exact) mass is 397 g/mol. The molecule has 0 aliphatic rings. The fourth-order valence-electron chi connectivity index (χ4n) is 2.36. The Labute approximate surface area is 161 Å². The topological polar surface area (TPSA) is 175 Å². The van der Waals surface area contributed by atoms with E-state index in [0.29, 0.717) is 0 Å². The summed E-state index contributed by atoms with van der Waals surface area (Å²) in [4.78, 5) is 48.7. The summed E-state index contributed by atoms with van der Waals surface area (Å²) in [6.07, 6.45) is 2.47. The van der Waals surface area contributed by atoms with Gasteiger partial charge in [-0.25, -0.2) is 9.67 Å². The number of hydrogen-bond donors (Lipinski definition) is 2. The van der Waals surface area contributed by atoms with Crippen molar-refractivity contribution in [3.8, 4) is 5.69 Å². The van der Waals surface area contributed by atoms with Gasteiger partial charge in [0.2, 0.25) is 0 Å². The van der Waals surface area contributed by atoms with Crippen LogP contribution in [0, 0.1) is 20.2 Å². The Hall–Kier alpha value is -4.68. The van der Waals surface area contributed by atoms with Crippen LogP contribution >= 0.6 is 0 Å². The third-order valence-corrected chi connectivity index (χ3v) is 3.71. The molecule has 0 aliphatic carbocycles. The standard InChI is InChI=1S/C16H11N7O6/c24-15(10-2-1-3-12(6-10)22(26)27)19-20-16(25)11-4-5-13(14(7-11)23(28)29)21-9-17-8-18-21/h1-9H,(H,19,24)(H,20,25).